The normalized spacial score (nSPS) is 12.3. The molecule has 0 saturated heterocycles. The van der Waals surface area contributed by atoms with E-state index in [1.807, 2.05) is 6.92 Å². The maximum Gasteiger partial charge on any atom is 0.338 e. The van der Waals surface area contributed by atoms with Crippen LogP contribution in [0.15, 0.2) is 53.1 Å². The maximum atomic E-state index is 13.7. The summed E-state index contributed by atoms with van der Waals surface area (Å²) in [4.78, 5) is 16.9. The number of fused-ring (bicyclic) bond motifs is 1. The molecular weight excluding hydrogens is 420 g/mol. The van der Waals surface area contributed by atoms with Crippen LogP contribution >= 0.6 is 0 Å². The van der Waals surface area contributed by atoms with Crippen LogP contribution in [0.25, 0.3) is 11.0 Å². The Kier molecular flexibility index (Phi) is 5.89. The zero-order chi connectivity index (χ0) is 22.8. The van der Waals surface area contributed by atoms with Crippen molar-refractivity contribution in [3.8, 4) is 5.75 Å². The fourth-order valence-corrected chi connectivity index (χ4v) is 3.41. The molecule has 1 unspecified atom stereocenters. The van der Waals surface area contributed by atoms with Gasteiger partial charge in [-0.3, -0.25) is 4.57 Å². The van der Waals surface area contributed by atoms with Crippen molar-refractivity contribution in [2.24, 2.45) is 0 Å². The first kappa shape index (κ1) is 21.5. The lowest BCUT2D eigenvalue weighted by Crippen LogP contribution is -2.14. The number of aromatic nitrogens is 3. The second-order valence-corrected chi connectivity index (χ2v) is 7.27. The van der Waals surface area contributed by atoms with Crippen molar-refractivity contribution < 1.29 is 27.6 Å². The summed E-state index contributed by atoms with van der Waals surface area (Å²) in [6, 6.07) is 13.0. The third-order valence-electron chi connectivity index (χ3n) is 5.10. The van der Waals surface area contributed by atoms with Gasteiger partial charge in [-0.15, -0.1) is 0 Å². The van der Waals surface area contributed by atoms with Crippen LogP contribution < -0.4 is 4.74 Å². The van der Waals surface area contributed by atoms with Gasteiger partial charge in [0.05, 0.1) is 27.9 Å². The number of nitrogens with zero attached hydrogens (tertiary/aromatic N) is 3. The molecule has 0 aliphatic rings. The van der Waals surface area contributed by atoms with E-state index in [1.54, 1.807) is 49.4 Å². The van der Waals surface area contributed by atoms with E-state index in [9.17, 15) is 13.6 Å². The molecule has 0 aliphatic carbocycles. The van der Waals surface area contributed by atoms with Gasteiger partial charge in [-0.1, -0.05) is 23.4 Å². The van der Waals surface area contributed by atoms with Gasteiger partial charge in [-0.25, -0.2) is 9.78 Å². The highest BCUT2D eigenvalue weighted by Crippen LogP contribution is 2.29. The summed E-state index contributed by atoms with van der Waals surface area (Å²) in [5.41, 5.74) is 2.47. The Morgan fingerprint density at radius 1 is 1.16 bits per heavy atom. The Bertz CT molecular complexity index is 1250. The number of halogens is 2. The largest absolute Gasteiger partial charge is 0.489 e. The van der Waals surface area contributed by atoms with Crippen molar-refractivity contribution >= 4 is 17.0 Å². The van der Waals surface area contributed by atoms with Gasteiger partial charge in [0, 0.05) is 0 Å². The van der Waals surface area contributed by atoms with Gasteiger partial charge in [0.1, 0.15) is 18.1 Å². The number of rotatable bonds is 7. The number of ether oxygens (including phenoxy) is 2. The Hall–Kier alpha value is -3.75. The highest BCUT2D eigenvalue weighted by molar-refractivity contribution is 5.90. The van der Waals surface area contributed by atoms with E-state index >= 15 is 0 Å². The summed E-state index contributed by atoms with van der Waals surface area (Å²) in [6.45, 7) is 2.53. The molecule has 1 atom stereocenters. The predicted molar refractivity (Wildman–Crippen MR) is 112 cm³/mol. The van der Waals surface area contributed by atoms with Crippen molar-refractivity contribution in [2.75, 3.05) is 0 Å². The molecule has 166 valence electrons. The molecule has 0 saturated carbocycles. The number of alkyl halides is 2. The van der Waals surface area contributed by atoms with E-state index in [0.29, 0.717) is 17.0 Å². The zero-order valence-electron chi connectivity index (χ0n) is 17.7. The molecule has 4 aromatic rings. The van der Waals surface area contributed by atoms with Crippen molar-refractivity contribution in [3.63, 3.8) is 0 Å². The molecule has 7 nitrogen and oxygen atoms in total. The smallest absolute Gasteiger partial charge is 0.338 e. The molecule has 9 heteroatoms. The Morgan fingerprint density at radius 2 is 1.94 bits per heavy atom. The van der Waals surface area contributed by atoms with Gasteiger partial charge in [-0.2, -0.15) is 8.78 Å². The summed E-state index contributed by atoms with van der Waals surface area (Å²) >= 11 is 0. The number of imidazole rings is 1. The summed E-state index contributed by atoms with van der Waals surface area (Å²) in [5, 5.41) is 3.88. The number of para-hydroxylation sites is 2. The number of hydrogen-bond donors (Lipinski definition) is 0. The molecule has 0 fully saturated rings. The van der Waals surface area contributed by atoms with E-state index in [-0.39, 0.29) is 23.5 Å². The number of aryl methyl sites for hydroxylation is 2. The molecule has 0 N–H and O–H groups in total. The number of hydrogen-bond acceptors (Lipinski definition) is 6. The van der Waals surface area contributed by atoms with Crippen LogP contribution in [0.4, 0.5) is 8.78 Å². The number of carbonyl (C=O) groups excluding carboxylic acids is 1. The lowest BCUT2D eigenvalue weighted by molar-refractivity contribution is 0.0233. The third kappa shape index (κ3) is 4.18. The number of esters is 1. The first-order chi connectivity index (χ1) is 15.3. The van der Waals surface area contributed by atoms with E-state index in [0.717, 1.165) is 15.8 Å². The maximum absolute atomic E-state index is 13.7. The van der Waals surface area contributed by atoms with Crippen molar-refractivity contribution in [3.05, 3.63) is 76.9 Å². The zero-order valence-corrected chi connectivity index (χ0v) is 17.7. The summed E-state index contributed by atoms with van der Waals surface area (Å²) < 4.78 is 44.5. The fourth-order valence-electron chi connectivity index (χ4n) is 3.41. The van der Waals surface area contributed by atoms with Crippen LogP contribution in [0.3, 0.4) is 0 Å². The van der Waals surface area contributed by atoms with Crippen LogP contribution in [0.1, 0.15) is 52.8 Å². The van der Waals surface area contributed by atoms with Crippen LogP contribution in [0.5, 0.6) is 5.75 Å². The lowest BCUT2D eigenvalue weighted by Gasteiger charge is -2.15. The van der Waals surface area contributed by atoms with Crippen LogP contribution in [-0.4, -0.2) is 20.7 Å². The summed E-state index contributed by atoms with van der Waals surface area (Å²) in [7, 11) is 0. The molecule has 2 aromatic heterocycles. The Morgan fingerprint density at radius 3 is 2.66 bits per heavy atom. The second-order valence-electron chi connectivity index (χ2n) is 7.27. The molecule has 4 rings (SSSR count). The standard InChI is InChI=1S/C23H21F2N3O4/c1-13-18(14(2)32-27-13)12-30-17-8-6-7-16(11-17)22(29)31-15(3)21-26-19-9-4-5-10-20(19)28(21)23(24)25/h4-11,15,23H,12H2,1-3H3. The predicted octanol–water partition coefficient (Wildman–Crippen LogP) is 5.53. The number of carbonyl (C=O) groups is 1. The monoisotopic (exact) mass is 441 g/mol. The topological polar surface area (TPSA) is 79.4 Å². The first-order valence-corrected chi connectivity index (χ1v) is 9.95. The van der Waals surface area contributed by atoms with Gasteiger partial charge in [0.2, 0.25) is 0 Å². The fraction of sp³-hybridized carbons (Fsp3) is 0.261. The minimum absolute atomic E-state index is 0.0274. The summed E-state index contributed by atoms with van der Waals surface area (Å²) in [5.74, 6) is 0.411. The van der Waals surface area contributed by atoms with Crippen LogP contribution in [0, 0.1) is 13.8 Å². The van der Waals surface area contributed by atoms with E-state index in [2.05, 4.69) is 10.1 Å². The number of benzene rings is 2. The van der Waals surface area contributed by atoms with Crippen molar-refractivity contribution in [2.45, 2.75) is 40.0 Å². The minimum atomic E-state index is -2.82. The van der Waals surface area contributed by atoms with Crippen LogP contribution in [-0.2, 0) is 11.3 Å². The second kappa shape index (κ2) is 8.78. The molecule has 0 spiro atoms. The third-order valence-corrected chi connectivity index (χ3v) is 5.10. The van der Waals surface area contributed by atoms with Gasteiger partial charge >= 0.3 is 12.5 Å². The van der Waals surface area contributed by atoms with Gasteiger partial charge in [-0.05, 0) is 51.1 Å². The lowest BCUT2D eigenvalue weighted by atomic mass is 10.2. The van der Waals surface area contributed by atoms with Crippen molar-refractivity contribution in [1.29, 1.82) is 0 Å². The summed E-state index contributed by atoms with van der Waals surface area (Å²) in [6.07, 6.45) is -0.990. The molecule has 32 heavy (non-hydrogen) atoms. The van der Waals surface area contributed by atoms with Crippen LogP contribution in [0.2, 0.25) is 0 Å². The van der Waals surface area contributed by atoms with Gasteiger partial charge < -0.3 is 14.0 Å². The highest BCUT2D eigenvalue weighted by Gasteiger charge is 2.25. The molecule has 2 heterocycles. The van der Waals surface area contributed by atoms with Crippen molar-refractivity contribution in [1.82, 2.24) is 14.7 Å². The average molecular weight is 441 g/mol. The molecule has 2 aromatic carbocycles. The average Bonchev–Trinajstić information content (AvgIpc) is 3.32. The Balaban J connectivity index is 1.50. The SMILES string of the molecule is Cc1noc(C)c1COc1cccc(C(=O)OC(C)c2nc3ccccc3n2C(F)F)c1. The van der Waals surface area contributed by atoms with E-state index in [1.165, 1.54) is 13.0 Å². The highest BCUT2D eigenvalue weighted by atomic mass is 19.3. The van der Waals surface area contributed by atoms with Gasteiger partial charge in [0.25, 0.3) is 0 Å². The molecule has 0 aliphatic heterocycles. The van der Waals surface area contributed by atoms with Gasteiger partial charge in [0.15, 0.2) is 11.9 Å². The van der Waals surface area contributed by atoms with E-state index in [4.69, 9.17) is 14.0 Å². The van der Waals surface area contributed by atoms with E-state index < -0.39 is 18.6 Å². The minimum Gasteiger partial charge on any atom is -0.489 e. The molecule has 0 radical (unpaired) electrons. The quantitative estimate of drug-likeness (QED) is 0.351. The molecular formula is C23H21F2N3O4. The molecule has 0 bridgehead atoms. The molecule has 0 amide bonds. The Labute approximate surface area is 182 Å². The first-order valence-electron chi connectivity index (χ1n) is 9.95.